The zero-order valence-corrected chi connectivity index (χ0v) is 7.64. The summed E-state index contributed by atoms with van der Waals surface area (Å²) in [6, 6.07) is 0. The summed E-state index contributed by atoms with van der Waals surface area (Å²) in [5.74, 6) is 0.927. The first-order valence-electron chi connectivity index (χ1n) is 4.67. The van der Waals surface area contributed by atoms with E-state index in [1.807, 2.05) is 0 Å². The van der Waals surface area contributed by atoms with Gasteiger partial charge in [-0.1, -0.05) is 37.6 Å². The molecule has 0 aliphatic heterocycles. The first-order chi connectivity index (χ1) is 5.33. The van der Waals surface area contributed by atoms with Crippen LogP contribution in [0.3, 0.4) is 0 Å². The summed E-state index contributed by atoms with van der Waals surface area (Å²) in [5.41, 5.74) is 1.64. The summed E-state index contributed by atoms with van der Waals surface area (Å²) in [6.07, 6.45) is 11.9. The minimum absolute atomic E-state index is 0.927. The lowest BCUT2D eigenvalue weighted by Gasteiger charge is -1.93. The van der Waals surface area contributed by atoms with Crippen LogP contribution in [-0.2, 0) is 0 Å². The lowest BCUT2D eigenvalue weighted by molar-refractivity contribution is 0.620. The molecule has 0 aromatic heterocycles. The largest absolute Gasteiger partial charge is 0.0848 e. The molecule has 1 fully saturated rings. The molecular formula is C11H18. The lowest BCUT2D eigenvalue weighted by Crippen LogP contribution is -1.80. The summed E-state index contributed by atoms with van der Waals surface area (Å²) in [6.45, 7) is 4.51. The Labute approximate surface area is 70.0 Å². The maximum atomic E-state index is 2.34. The first-order valence-corrected chi connectivity index (χ1v) is 4.67. The molecule has 0 heteroatoms. The molecule has 0 aromatic rings. The molecule has 0 bridgehead atoms. The Morgan fingerprint density at radius 1 is 1.55 bits per heavy atom. The summed E-state index contributed by atoms with van der Waals surface area (Å²) in [4.78, 5) is 0. The van der Waals surface area contributed by atoms with Gasteiger partial charge in [-0.3, -0.25) is 0 Å². The van der Waals surface area contributed by atoms with Crippen molar-refractivity contribution in [2.75, 3.05) is 0 Å². The third-order valence-corrected chi connectivity index (χ3v) is 2.27. The van der Waals surface area contributed by atoms with Crippen LogP contribution in [0.5, 0.6) is 0 Å². The van der Waals surface area contributed by atoms with Crippen molar-refractivity contribution in [2.24, 2.45) is 5.92 Å². The zero-order valence-electron chi connectivity index (χ0n) is 7.64. The fraction of sp³-hybridized carbons (Fsp3) is 0.636. The number of hydrogen-bond donors (Lipinski definition) is 0. The molecule has 1 aliphatic rings. The third kappa shape index (κ3) is 2.92. The highest BCUT2D eigenvalue weighted by molar-refractivity contribution is 5.15. The standard InChI is InChI=1S/C11H18/c1-3-4-5-6-11-8-7-10(2)9-11/h4-6,10H,3,7-9H2,1-2H3. The van der Waals surface area contributed by atoms with Crippen LogP contribution >= 0.6 is 0 Å². The van der Waals surface area contributed by atoms with Crippen molar-refractivity contribution in [3.63, 3.8) is 0 Å². The molecule has 0 saturated heterocycles. The monoisotopic (exact) mass is 150 g/mol. The minimum Gasteiger partial charge on any atom is -0.0848 e. The average molecular weight is 150 g/mol. The van der Waals surface area contributed by atoms with E-state index in [1.54, 1.807) is 5.57 Å². The lowest BCUT2D eigenvalue weighted by atomic mass is 10.1. The van der Waals surface area contributed by atoms with E-state index >= 15 is 0 Å². The highest BCUT2D eigenvalue weighted by Gasteiger charge is 2.13. The third-order valence-electron chi connectivity index (χ3n) is 2.27. The summed E-state index contributed by atoms with van der Waals surface area (Å²) >= 11 is 0. The van der Waals surface area contributed by atoms with E-state index in [9.17, 15) is 0 Å². The molecule has 0 heterocycles. The molecule has 1 rings (SSSR count). The van der Waals surface area contributed by atoms with E-state index in [1.165, 1.54) is 19.3 Å². The molecule has 0 amide bonds. The van der Waals surface area contributed by atoms with E-state index in [0.717, 1.165) is 12.3 Å². The van der Waals surface area contributed by atoms with Gasteiger partial charge in [-0.2, -0.15) is 0 Å². The second-order valence-corrected chi connectivity index (χ2v) is 3.51. The van der Waals surface area contributed by atoms with Crippen LogP contribution < -0.4 is 0 Å². The predicted octanol–water partition coefficient (Wildman–Crippen LogP) is 3.70. The summed E-state index contributed by atoms with van der Waals surface area (Å²) in [7, 11) is 0. The molecule has 0 radical (unpaired) electrons. The normalized spacial score (nSPS) is 28.9. The highest BCUT2D eigenvalue weighted by Crippen LogP contribution is 2.29. The van der Waals surface area contributed by atoms with E-state index in [4.69, 9.17) is 0 Å². The van der Waals surface area contributed by atoms with Crippen LogP contribution in [0.2, 0.25) is 0 Å². The molecule has 11 heavy (non-hydrogen) atoms. The van der Waals surface area contributed by atoms with Crippen molar-refractivity contribution < 1.29 is 0 Å². The van der Waals surface area contributed by atoms with Crippen molar-refractivity contribution in [2.45, 2.75) is 39.5 Å². The van der Waals surface area contributed by atoms with Crippen molar-refractivity contribution >= 4 is 0 Å². The van der Waals surface area contributed by atoms with Crippen LogP contribution in [-0.4, -0.2) is 0 Å². The molecule has 0 nitrogen and oxygen atoms in total. The molecule has 62 valence electrons. The quantitative estimate of drug-likeness (QED) is 0.563. The van der Waals surface area contributed by atoms with Gasteiger partial charge in [0, 0.05) is 0 Å². The van der Waals surface area contributed by atoms with Gasteiger partial charge in [0.25, 0.3) is 0 Å². The smallest absolute Gasteiger partial charge is 0.0291 e. The Kier molecular flexibility index (Phi) is 3.41. The SMILES string of the molecule is CCC=CC=C1CCC(C)C1. The number of hydrogen-bond acceptors (Lipinski definition) is 0. The second-order valence-electron chi connectivity index (χ2n) is 3.51. The Morgan fingerprint density at radius 2 is 2.36 bits per heavy atom. The summed E-state index contributed by atoms with van der Waals surface area (Å²) in [5, 5.41) is 0. The molecule has 1 saturated carbocycles. The molecular weight excluding hydrogens is 132 g/mol. The van der Waals surface area contributed by atoms with Gasteiger partial charge >= 0.3 is 0 Å². The van der Waals surface area contributed by atoms with Crippen LogP contribution in [0.15, 0.2) is 23.8 Å². The van der Waals surface area contributed by atoms with Gasteiger partial charge in [-0.25, -0.2) is 0 Å². The van der Waals surface area contributed by atoms with Gasteiger partial charge in [0.2, 0.25) is 0 Å². The van der Waals surface area contributed by atoms with Crippen molar-refractivity contribution in [3.8, 4) is 0 Å². The van der Waals surface area contributed by atoms with Gasteiger partial charge in [-0.05, 0) is 31.6 Å². The van der Waals surface area contributed by atoms with E-state index < -0.39 is 0 Å². The molecule has 1 aliphatic carbocycles. The van der Waals surface area contributed by atoms with E-state index in [-0.39, 0.29) is 0 Å². The average Bonchev–Trinajstić information content (AvgIpc) is 2.37. The first kappa shape index (κ1) is 8.58. The predicted molar refractivity (Wildman–Crippen MR) is 50.5 cm³/mol. The number of rotatable bonds is 2. The topological polar surface area (TPSA) is 0 Å². The molecule has 1 atom stereocenters. The van der Waals surface area contributed by atoms with Gasteiger partial charge in [0.05, 0.1) is 0 Å². The van der Waals surface area contributed by atoms with E-state index in [2.05, 4.69) is 32.1 Å². The van der Waals surface area contributed by atoms with Gasteiger partial charge < -0.3 is 0 Å². The summed E-state index contributed by atoms with van der Waals surface area (Å²) < 4.78 is 0. The Balaban J connectivity index is 2.36. The van der Waals surface area contributed by atoms with Crippen LogP contribution in [0.4, 0.5) is 0 Å². The van der Waals surface area contributed by atoms with Crippen LogP contribution in [0.1, 0.15) is 39.5 Å². The molecule has 1 unspecified atom stereocenters. The fourth-order valence-electron chi connectivity index (χ4n) is 1.58. The van der Waals surface area contributed by atoms with Crippen molar-refractivity contribution in [1.82, 2.24) is 0 Å². The molecule has 0 spiro atoms. The fourth-order valence-corrected chi connectivity index (χ4v) is 1.58. The Bertz CT molecular complexity index is 163. The zero-order chi connectivity index (χ0) is 8.10. The van der Waals surface area contributed by atoms with E-state index in [0.29, 0.717) is 0 Å². The van der Waals surface area contributed by atoms with Crippen LogP contribution in [0, 0.1) is 5.92 Å². The van der Waals surface area contributed by atoms with Crippen molar-refractivity contribution in [1.29, 1.82) is 0 Å². The second kappa shape index (κ2) is 4.38. The number of allylic oxidation sites excluding steroid dienone is 4. The maximum Gasteiger partial charge on any atom is -0.0291 e. The van der Waals surface area contributed by atoms with Crippen LogP contribution in [0.25, 0.3) is 0 Å². The van der Waals surface area contributed by atoms with Crippen molar-refractivity contribution in [3.05, 3.63) is 23.8 Å². The van der Waals surface area contributed by atoms with Gasteiger partial charge in [0.1, 0.15) is 0 Å². The minimum atomic E-state index is 0.927. The maximum absolute atomic E-state index is 2.34. The Hall–Kier alpha value is -0.520. The van der Waals surface area contributed by atoms with Gasteiger partial charge in [-0.15, -0.1) is 0 Å². The Morgan fingerprint density at radius 3 is 2.91 bits per heavy atom. The highest BCUT2D eigenvalue weighted by atomic mass is 14.2. The van der Waals surface area contributed by atoms with Gasteiger partial charge in [0.15, 0.2) is 0 Å². The molecule has 0 aromatic carbocycles. The molecule has 0 N–H and O–H groups in total.